The quantitative estimate of drug-likeness (QED) is 0.775. The van der Waals surface area contributed by atoms with Crippen molar-refractivity contribution in [1.29, 1.82) is 0 Å². The minimum Gasteiger partial charge on any atom is -0.330 e. The van der Waals surface area contributed by atoms with Gasteiger partial charge in [-0.25, -0.2) is 13.1 Å². The molecule has 0 saturated carbocycles. The predicted molar refractivity (Wildman–Crippen MR) is 74.9 cm³/mol. The number of sulfonamides is 1. The van der Waals surface area contributed by atoms with E-state index >= 15 is 0 Å². The third kappa shape index (κ3) is 5.83. The zero-order chi connectivity index (χ0) is 12.0. The van der Waals surface area contributed by atoms with Crippen LogP contribution in [0, 0.1) is 0 Å². The standard InChI is InChI=1S/C10H15BrN2O2S.ClH/c11-9-3-5-10(6-4-9)16(14,15)13-8-2-1-7-12;/h3-6,13H,1-2,7-8,12H2;1H. The Hall–Kier alpha value is -0.140. The summed E-state index contributed by atoms with van der Waals surface area (Å²) < 4.78 is 26.9. The maximum Gasteiger partial charge on any atom is 0.240 e. The van der Waals surface area contributed by atoms with Crippen LogP contribution in [0.5, 0.6) is 0 Å². The summed E-state index contributed by atoms with van der Waals surface area (Å²) in [6.45, 7) is 1.01. The van der Waals surface area contributed by atoms with Crippen LogP contribution in [0.4, 0.5) is 0 Å². The summed E-state index contributed by atoms with van der Waals surface area (Å²) in [5.74, 6) is 0. The molecule has 1 rings (SSSR count). The molecule has 0 radical (unpaired) electrons. The molecule has 17 heavy (non-hydrogen) atoms. The molecule has 1 aromatic carbocycles. The van der Waals surface area contributed by atoms with Crippen molar-refractivity contribution in [3.05, 3.63) is 28.7 Å². The monoisotopic (exact) mass is 342 g/mol. The van der Waals surface area contributed by atoms with Crippen LogP contribution in [-0.4, -0.2) is 21.5 Å². The lowest BCUT2D eigenvalue weighted by Crippen LogP contribution is -2.25. The van der Waals surface area contributed by atoms with Crippen molar-refractivity contribution in [3.63, 3.8) is 0 Å². The summed E-state index contributed by atoms with van der Waals surface area (Å²) in [6, 6.07) is 6.54. The number of hydrogen-bond donors (Lipinski definition) is 2. The highest BCUT2D eigenvalue weighted by atomic mass is 79.9. The van der Waals surface area contributed by atoms with Crippen molar-refractivity contribution in [2.75, 3.05) is 13.1 Å². The second-order valence-corrected chi connectivity index (χ2v) is 6.03. The zero-order valence-electron chi connectivity index (χ0n) is 9.23. The molecule has 1 aromatic rings. The molecule has 0 atom stereocenters. The lowest BCUT2D eigenvalue weighted by Gasteiger charge is -2.06. The number of unbranched alkanes of at least 4 members (excludes halogenated alkanes) is 1. The Labute approximate surface area is 117 Å². The molecule has 98 valence electrons. The molecule has 0 fully saturated rings. The normalized spacial score (nSPS) is 10.9. The van der Waals surface area contributed by atoms with Crippen LogP contribution in [0.15, 0.2) is 33.6 Å². The second kappa shape index (κ2) is 8.05. The van der Waals surface area contributed by atoms with Crippen LogP contribution in [0.25, 0.3) is 0 Å². The average molecular weight is 344 g/mol. The number of halogens is 2. The molecule has 0 aliphatic carbocycles. The van der Waals surface area contributed by atoms with E-state index in [0.29, 0.717) is 13.1 Å². The van der Waals surface area contributed by atoms with Gasteiger partial charge in [0.2, 0.25) is 10.0 Å². The number of nitrogens with two attached hydrogens (primary N) is 1. The minimum atomic E-state index is -3.37. The van der Waals surface area contributed by atoms with E-state index in [1.807, 2.05) is 0 Å². The molecule has 0 amide bonds. The third-order valence-corrected chi connectivity index (χ3v) is 4.05. The van der Waals surface area contributed by atoms with E-state index < -0.39 is 10.0 Å². The number of benzene rings is 1. The maximum absolute atomic E-state index is 11.7. The van der Waals surface area contributed by atoms with Gasteiger partial charge in [0, 0.05) is 11.0 Å². The Balaban J connectivity index is 0.00000256. The molecule has 0 saturated heterocycles. The van der Waals surface area contributed by atoms with Gasteiger partial charge in [-0.15, -0.1) is 12.4 Å². The number of hydrogen-bond acceptors (Lipinski definition) is 3. The van der Waals surface area contributed by atoms with Gasteiger partial charge >= 0.3 is 0 Å². The van der Waals surface area contributed by atoms with E-state index in [-0.39, 0.29) is 17.3 Å². The molecule has 0 aliphatic heterocycles. The summed E-state index contributed by atoms with van der Waals surface area (Å²) in [5.41, 5.74) is 5.32. The van der Waals surface area contributed by atoms with Gasteiger partial charge in [-0.2, -0.15) is 0 Å². The topological polar surface area (TPSA) is 72.2 Å². The first-order valence-corrected chi connectivity index (χ1v) is 7.29. The zero-order valence-corrected chi connectivity index (χ0v) is 12.4. The smallest absolute Gasteiger partial charge is 0.240 e. The van der Waals surface area contributed by atoms with Crippen LogP contribution in [-0.2, 0) is 10.0 Å². The molecule has 0 aliphatic rings. The molecule has 7 heteroatoms. The fourth-order valence-corrected chi connectivity index (χ4v) is 2.51. The lowest BCUT2D eigenvalue weighted by atomic mass is 10.3. The Bertz CT molecular complexity index is 422. The van der Waals surface area contributed by atoms with Crippen molar-refractivity contribution in [1.82, 2.24) is 4.72 Å². The van der Waals surface area contributed by atoms with E-state index in [0.717, 1.165) is 17.3 Å². The first-order chi connectivity index (χ1) is 7.56. The minimum absolute atomic E-state index is 0. The van der Waals surface area contributed by atoms with Gasteiger partial charge in [0.15, 0.2) is 0 Å². The first-order valence-electron chi connectivity index (χ1n) is 5.01. The van der Waals surface area contributed by atoms with Crippen molar-refractivity contribution in [2.45, 2.75) is 17.7 Å². The molecule has 0 bridgehead atoms. The van der Waals surface area contributed by atoms with Crippen LogP contribution in [0.2, 0.25) is 0 Å². The number of rotatable bonds is 6. The Morgan fingerprint density at radius 3 is 2.29 bits per heavy atom. The van der Waals surface area contributed by atoms with E-state index in [1.165, 1.54) is 0 Å². The number of nitrogens with one attached hydrogen (secondary N) is 1. The average Bonchev–Trinajstić information content (AvgIpc) is 2.25. The van der Waals surface area contributed by atoms with Gasteiger partial charge in [0.1, 0.15) is 0 Å². The van der Waals surface area contributed by atoms with E-state index in [1.54, 1.807) is 24.3 Å². The third-order valence-electron chi connectivity index (χ3n) is 2.05. The maximum atomic E-state index is 11.7. The SMILES string of the molecule is Cl.NCCCCNS(=O)(=O)c1ccc(Br)cc1. The molecular weight excluding hydrogens is 328 g/mol. The Morgan fingerprint density at radius 2 is 1.76 bits per heavy atom. The van der Waals surface area contributed by atoms with Crippen molar-refractivity contribution in [3.8, 4) is 0 Å². The highest BCUT2D eigenvalue weighted by Crippen LogP contribution is 2.14. The summed E-state index contributed by atoms with van der Waals surface area (Å²) in [5, 5.41) is 0. The van der Waals surface area contributed by atoms with Gasteiger partial charge in [-0.05, 0) is 43.7 Å². The molecule has 0 heterocycles. The van der Waals surface area contributed by atoms with Gasteiger partial charge in [0.25, 0.3) is 0 Å². The van der Waals surface area contributed by atoms with Gasteiger partial charge in [0.05, 0.1) is 4.90 Å². The first kappa shape index (κ1) is 16.9. The predicted octanol–water partition coefficient (Wildman–Crippen LogP) is 1.89. The summed E-state index contributed by atoms with van der Waals surface area (Å²) in [6.07, 6.45) is 1.58. The van der Waals surface area contributed by atoms with Crippen LogP contribution in [0.1, 0.15) is 12.8 Å². The van der Waals surface area contributed by atoms with Crippen molar-refractivity contribution in [2.24, 2.45) is 5.73 Å². The van der Waals surface area contributed by atoms with Gasteiger partial charge in [-0.3, -0.25) is 0 Å². The summed E-state index contributed by atoms with van der Waals surface area (Å²) in [4.78, 5) is 0.281. The second-order valence-electron chi connectivity index (χ2n) is 3.35. The van der Waals surface area contributed by atoms with Crippen LogP contribution >= 0.6 is 28.3 Å². The van der Waals surface area contributed by atoms with E-state index in [2.05, 4.69) is 20.7 Å². The van der Waals surface area contributed by atoms with Crippen molar-refractivity contribution >= 4 is 38.4 Å². The van der Waals surface area contributed by atoms with E-state index in [4.69, 9.17) is 5.73 Å². The molecular formula is C10H16BrClN2O2S. The molecule has 0 unspecified atom stereocenters. The Morgan fingerprint density at radius 1 is 1.18 bits per heavy atom. The van der Waals surface area contributed by atoms with Crippen molar-refractivity contribution < 1.29 is 8.42 Å². The summed E-state index contributed by atoms with van der Waals surface area (Å²) in [7, 11) is -3.37. The largest absolute Gasteiger partial charge is 0.330 e. The molecule has 0 aromatic heterocycles. The Kier molecular flexibility index (Phi) is 7.98. The fourth-order valence-electron chi connectivity index (χ4n) is 1.17. The van der Waals surface area contributed by atoms with E-state index in [9.17, 15) is 8.42 Å². The van der Waals surface area contributed by atoms with Crippen LogP contribution in [0.3, 0.4) is 0 Å². The molecule has 3 N–H and O–H groups in total. The molecule has 4 nitrogen and oxygen atoms in total. The summed E-state index contributed by atoms with van der Waals surface area (Å²) >= 11 is 3.26. The lowest BCUT2D eigenvalue weighted by molar-refractivity contribution is 0.577. The van der Waals surface area contributed by atoms with Crippen LogP contribution < -0.4 is 10.5 Å². The molecule has 0 spiro atoms. The fraction of sp³-hybridized carbons (Fsp3) is 0.400. The highest BCUT2D eigenvalue weighted by Gasteiger charge is 2.12. The van der Waals surface area contributed by atoms with Gasteiger partial charge < -0.3 is 5.73 Å². The van der Waals surface area contributed by atoms with Gasteiger partial charge in [-0.1, -0.05) is 15.9 Å². The highest BCUT2D eigenvalue weighted by molar-refractivity contribution is 9.10.